The summed E-state index contributed by atoms with van der Waals surface area (Å²) < 4.78 is 0. The number of carbonyl (C=O) groups is 1. The van der Waals surface area contributed by atoms with Crippen molar-refractivity contribution in [2.24, 2.45) is 0 Å². The van der Waals surface area contributed by atoms with Gasteiger partial charge in [0.25, 0.3) is 5.91 Å². The number of benzene rings is 1. The molecule has 1 aromatic carbocycles. The monoisotopic (exact) mass is 253 g/mol. The van der Waals surface area contributed by atoms with Crippen molar-refractivity contribution in [3.05, 3.63) is 35.4 Å². The van der Waals surface area contributed by atoms with Gasteiger partial charge in [-0.15, -0.1) is 0 Å². The zero-order valence-corrected chi connectivity index (χ0v) is 10.7. The first-order chi connectivity index (χ1) is 7.91. The van der Waals surface area contributed by atoms with Gasteiger partial charge in [0.05, 0.1) is 17.9 Å². The number of nitrogens with zero attached hydrogens (tertiary/aromatic N) is 1. The van der Waals surface area contributed by atoms with Crippen molar-refractivity contribution in [1.29, 1.82) is 0 Å². The third kappa shape index (κ3) is 3.67. The molecule has 0 aliphatic heterocycles. The number of hydrogen-bond donors (Lipinski definition) is 2. The van der Waals surface area contributed by atoms with E-state index in [2.05, 4.69) is 11.9 Å². The number of rotatable bonds is 4. The van der Waals surface area contributed by atoms with E-state index in [1.807, 2.05) is 0 Å². The second-order valence-electron chi connectivity index (χ2n) is 3.87. The van der Waals surface area contributed by atoms with Gasteiger partial charge < -0.3 is 16.0 Å². The van der Waals surface area contributed by atoms with Crippen molar-refractivity contribution in [1.82, 2.24) is 4.90 Å². The van der Waals surface area contributed by atoms with E-state index in [1.165, 1.54) is 4.90 Å². The fourth-order valence-electron chi connectivity index (χ4n) is 1.29. The van der Waals surface area contributed by atoms with E-state index < -0.39 is 0 Å². The first-order valence-electron chi connectivity index (χ1n) is 5.10. The molecule has 0 aromatic heterocycles. The van der Waals surface area contributed by atoms with Gasteiger partial charge in [-0.25, -0.2) is 0 Å². The molecule has 1 amide bonds. The van der Waals surface area contributed by atoms with Gasteiger partial charge in [0.2, 0.25) is 0 Å². The summed E-state index contributed by atoms with van der Waals surface area (Å²) in [7, 11) is 3.40. The van der Waals surface area contributed by atoms with Crippen molar-refractivity contribution in [2.45, 2.75) is 0 Å². The highest BCUT2D eigenvalue weighted by Gasteiger charge is 2.10. The highest BCUT2D eigenvalue weighted by molar-refractivity contribution is 6.29. The Hall–Kier alpha value is -1.68. The zero-order valence-electron chi connectivity index (χ0n) is 9.96. The van der Waals surface area contributed by atoms with Crippen LogP contribution < -0.4 is 11.1 Å². The summed E-state index contributed by atoms with van der Waals surface area (Å²) in [6, 6.07) is 5.09. The van der Waals surface area contributed by atoms with E-state index in [4.69, 9.17) is 17.3 Å². The molecule has 0 atom stereocenters. The summed E-state index contributed by atoms with van der Waals surface area (Å²) in [5.74, 6) is -0.0715. The average Bonchev–Trinajstić information content (AvgIpc) is 2.26. The molecule has 5 heteroatoms. The standard InChI is InChI=1S/C12H16ClN3O/c1-8(13)7-15-11-6-9(4-5-10(11)14)12(17)16(2)3/h4-6,15H,1,7,14H2,2-3H3. The molecule has 0 aliphatic rings. The topological polar surface area (TPSA) is 58.4 Å². The molecular formula is C12H16ClN3O. The van der Waals surface area contributed by atoms with E-state index in [1.54, 1.807) is 32.3 Å². The molecule has 17 heavy (non-hydrogen) atoms. The molecule has 0 saturated heterocycles. The normalized spacial score (nSPS) is 9.82. The molecule has 0 bridgehead atoms. The van der Waals surface area contributed by atoms with Crippen LogP contribution in [0.3, 0.4) is 0 Å². The van der Waals surface area contributed by atoms with Gasteiger partial charge >= 0.3 is 0 Å². The quantitative estimate of drug-likeness (QED) is 0.809. The second-order valence-corrected chi connectivity index (χ2v) is 4.41. The van der Waals surface area contributed by atoms with Crippen LogP contribution in [0.1, 0.15) is 10.4 Å². The van der Waals surface area contributed by atoms with E-state index in [0.717, 1.165) is 0 Å². The molecule has 0 unspecified atom stereocenters. The number of amides is 1. The number of halogens is 1. The molecule has 4 nitrogen and oxygen atoms in total. The smallest absolute Gasteiger partial charge is 0.253 e. The maximum Gasteiger partial charge on any atom is 0.253 e. The zero-order chi connectivity index (χ0) is 13.0. The number of hydrogen-bond acceptors (Lipinski definition) is 3. The van der Waals surface area contributed by atoms with Crippen molar-refractivity contribution >= 4 is 28.9 Å². The van der Waals surface area contributed by atoms with Gasteiger partial charge in [-0.2, -0.15) is 0 Å². The molecule has 0 heterocycles. The third-order valence-electron chi connectivity index (χ3n) is 2.18. The van der Waals surface area contributed by atoms with Gasteiger partial charge in [-0.3, -0.25) is 4.79 Å². The predicted octanol–water partition coefficient (Wildman–Crippen LogP) is 2.13. The fraction of sp³-hybridized carbons (Fsp3) is 0.250. The van der Waals surface area contributed by atoms with E-state index >= 15 is 0 Å². The van der Waals surface area contributed by atoms with Gasteiger partial charge in [0.1, 0.15) is 0 Å². The molecule has 0 radical (unpaired) electrons. The third-order valence-corrected chi connectivity index (χ3v) is 2.31. The molecule has 1 rings (SSSR count). The minimum Gasteiger partial charge on any atom is -0.397 e. The van der Waals surface area contributed by atoms with Crippen LogP contribution in [0.2, 0.25) is 0 Å². The van der Waals surface area contributed by atoms with Gasteiger partial charge in [-0.1, -0.05) is 18.2 Å². The van der Waals surface area contributed by atoms with Crippen LogP contribution in [0.15, 0.2) is 29.8 Å². The summed E-state index contributed by atoms with van der Waals surface area (Å²) in [5.41, 5.74) is 7.62. The van der Waals surface area contributed by atoms with E-state index in [0.29, 0.717) is 28.5 Å². The fourth-order valence-corrected chi connectivity index (χ4v) is 1.36. The van der Waals surface area contributed by atoms with Crippen molar-refractivity contribution in [2.75, 3.05) is 31.7 Å². The second kappa shape index (κ2) is 5.59. The minimum absolute atomic E-state index is 0.0715. The van der Waals surface area contributed by atoms with Crippen LogP contribution >= 0.6 is 11.6 Å². The summed E-state index contributed by atoms with van der Waals surface area (Å²) in [6.45, 7) is 3.98. The van der Waals surface area contributed by atoms with Crippen molar-refractivity contribution in [3.8, 4) is 0 Å². The Kier molecular flexibility index (Phi) is 4.40. The molecule has 0 aliphatic carbocycles. The highest BCUT2D eigenvalue weighted by Crippen LogP contribution is 2.21. The molecule has 0 saturated carbocycles. The Morgan fingerprint density at radius 3 is 2.71 bits per heavy atom. The van der Waals surface area contributed by atoms with Crippen molar-refractivity contribution < 1.29 is 4.79 Å². The van der Waals surface area contributed by atoms with E-state index in [-0.39, 0.29) is 5.91 Å². The number of nitrogens with one attached hydrogen (secondary N) is 1. The molecule has 0 spiro atoms. The van der Waals surface area contributed by atoms with Crippen LogP contribution in [0, 0.1) is 0 Å². The summed E-state index contributed by atoms with van der Waals surface area (Å²) >= 11 is 5.66. The van der Waals surface area contributed by atoms with Crippen molar-refractivity contribution in [3.63, 3.8) is 0 Å². The highest BCUT2D eigenvalue weighted by atomic mass is 35.5. The van der Waals surface area contributed by atoms with Crippen LogP contribution in [-0.2, 0) is 0 Å². The lowest BCUT2D eigenvalue weighted by atomic mass is 10.1. The average molecular weight is 254 g/mol. The Balaban J connectivity index is 2.94. The maximum absolute atomic E-state index is 11.8. The summed E-state index contributed by atoms with van der Waals surface area (Å²) in [5, 5.41) is 3.50. The molecule has 3 N–H and O–H groups in total. The van der Waals surface area contributed by atoms with Gasteiger partial charge in [0.15, 0.2) is 0 Å². The van der Waals surface area contributed by atoms with Crippen LogP contribution in [0.5, 0.6) is 0 Å². The first kappa shape index (κ1) is 13.4. The number of anilines is 2. The molecular weight excluding hydrogens is 238 g/mol. The largest absolute Gasteiger partial charge is 0.397 e. The van der Waals surface area contributed by atoms with Gasteiger partial charge in [-0.05, 0) is 18.2 Å². The van der Waals surface area contributed by atoms with Gasteiger partial charge in [0, 0.05) is 24.7 Å². The minimum atomic E-state index is -0.0715. The Bertz CT molecular complexity index is 443. The Morgan fingerprint density at radius 1 is 1.53 bits per heavy atom. The number of nitrogens with two attached hydrogens (primary N) is 1. The summed E-state index contributed by atoms with van der Waals surface area (Å²) in [4.78, 5) is 13.3. The lowest BCUT2D eigenvalue weighted by molar-refractivity contribution is 0.0827. The van der Waals surface area contributed by atoms with E-state index in [9.17, 15) is 4.79 Å². The first-order valence-corrected chi connectivity index (χ1v) is 5.48. The molecule has 92 valence electrons. The lowest BCUT2D eigenvalue weighted by Crippen LogP contribution is -2.21. The predicted molar refractivity (Wildman–Crippen MR) is 72.4 cm³/mol. The maximum atomic E-state index is 11.8. The SMILES string of the molecule is C=C(Cl)CNc1cc(C(=O)N(C)C)ccc1N. The van der Waals surface area contributed by atoms with Crippen LogP contribution in [0.4, 0.5) is 11.4 Å². The van der Waals surface area contributed by atoms with Crippen LogP contribution in [-0.4, -0.2) is 31.4 Å². The lowest BCUT2D eigenvalue weighted by Gasteiger charge is -2.13. The summed E-state index contributed by atoms with van der Waals surface area (Å²) in [6.07, 6.45) is 0. The number of carbonyl (C=O) groups excluding carboxylic acids is 1. The number of nitrogen functional groups attached to an aromatic ring is 1. The van der Waals surface area contributed by atoms with Crippen LogP contribution in [0.25, 0.3) is 0 Å². The molecule has 1 aromatic rings. The molecule has 0 fully saturated rings. The Labute approximate surface area is 106 Å². The Morgan fingerprint density at radius 2 is 2.18 bits per heavy atom.